The molecule has 44 heavy (non-hydrogen) atoms. The molecule has 1 saturated heterocycles. The van der Waals surface area contributed by atoms with Gasteiger partial charge in [0, 0.05) is 47.6 Å². The predicted octanol–water partition coefficient (Wildman–Crippen LogP) is 4.88. The van der Waals surface area contributed by atoms with Gasteiger partial charge in [-0.2, -0.15) is 0 Å². The lowest BCUT2D eigenvalue weighted by Crippen LogP contribution is -2.45. The summed E-state index contributed by atoms with van der Waals surface area (Å²) in [5.41, 5.74) is 1.18. The largest absolute Gasteiger partial charge is 0.432 e. The van der Waals surface area contributed by atoms with Crippen LogP contribution < -0.4 is 4.90 Å². The molecular weight excluding hydrogens is 578 g/mol. The number of carbonyl (C=O) groups is 1. The molecule has 2 aliphatic heterocycles. The van der Waals surface area contributed by atoms with Crippen LogP contribution in [0, 0.1) is 16.0 Å². The number of fused-ring (bicyclic) bond motifs is 2. The molecule has 11 nitrogen and oxygen atoms in total. The van der Waals surface area contributed by atoms with E-state index in [-0.39, 0.29) is 29.7 Å². The summed E-state index contributed by atoms with van der Waals surface area (Å²) in [6, 6.07) is 23.2. The Morgan fingerprint density at radius 2 is 1.77 bits per heavy atom. The Hall–Kier alpha value is -4.23. The van der Waals surface area contributed by atoms with Crippen LogP contribution in [-0.2, 0) is 21.7 Å². The van der Waals surface area contributed by atoms with Crippen LogP contribution in [0.1, 0.15) is 36.1 Å². The first-order chi connectivity index (χ1) is 21.1. The van der Waals surface area contributed by atoms with Gasteiger partial charge in [-0.05, 0) is 43.3 Å². The van der Waals surface area contributed by atoms with E-state index in [4.69, 9.17) is 4.74 Å². The van der Waals surface area contributed by atoms with Gasteiger partial charge in [-0.1, -0.05) is 60.7 Å². The maximum atomic E-state index is 14.5. The summed E-state index contributed by atoms with van der Waals surface area (Å²) >= 11 is 0. The number of anilines is 2. The lowest BCUT2D eigenvalue weighted by atomic mass is 9.82. The summed E-state index contributed by atoms with van der Waals surface area (Å²) in [6.45, 7) is 5.86. The van der Waals surface area contributed by atoms with Gasteiger partial charge in [-0.3, -0.25) is 24.5 Å². The number of carbonyl (C=O) groups excluding carboxylic acids is 1. The number of non-ortho nitro benzene ring substituents is 1. The number of nitro groups is 1. The van der Waals surface area contributed by atoms with Crippen molar-refractivity contribution in [2.75, 3.05) is 11.5 Å². The van der Waals surface area contributed by atoms with Crippen LogP contribution >= 0.6 is 0 Å². The van der Waals surface area contributed by atoms with Crippen molar-refractivity contribution in [3.05, 3.63) is 112 Å². The zero-order valence-electron chi connectivity index (χ0n) is 24.8. The van der Waals surface area contributed by atoms with E-state index in [0.717, 1.165) is 5.56 Å². The smallest absolute Gasteiger partial charge is 0.269 e. The zero-order valence-corrected chi connectivity index (χ0v) is 25.8. The highest BCUT2D eigenvalue weighted by Gasteiger charge is 2.66. The number of aliphatic hydroxyl groups is 1. The van der Waals surface area contributed by atoms with Gasteiger partial charge in [0.05, 0.1) is 34.9 Å². The fourth-order valence-corrected chi connectivity index (χ4v) is 9.71. The van der Waals surface area contributed by atoms with Gasteiger partial charge in [0.1, 0.15) is 0 Å². The van der Waals surface area contributed by atoms with Crippen LogP contribution in [0.4, 0.5) is 17.1 Å². The van der Waals surface area contributed by atoms with Gasteiger partial charge in [0.2, 0.25) is 0 Å². The minimum atomic E-state index is -2.94. The molecule has 1 amide bonds. The molecule has 1 aromatic heterocycles. The van der Waals surface area contributed by atoms with Gasteiger partial charge in [-0.25, -0.2) is 0 Å². The number of nitrogens with zero attached hydrogens (tertiary/aromatic N) is 5. The molecule has 1 fully saturated rings. The highest BCUT2D eigenvalue weighted by molar-refractivity contribution is 6.71. The Kier molecular flexibility index (Phi) is 7.70. The van der Waals surface area contributed by atoms with Crippen LogP contribution in [0.2, 0.25) is 18.6 Å². The van der Waals surface area contributed by atoms with E-state index in [1.807, 2.05) is 80.7 Å². The van der Waals surface area contributed by atoms with E-state index in [2.05, 4.69) is 10.3 Å². The van der Waals surface area contributed by atoms with E-state index >= 15 is 0 Å². The molecule has 3 heterocycles. The lowest BCUT2D eigenvalue weighted by Gasteiger charge is -2.32. The lowest BCUT2D eigenvalue weighted by molar-refractivity contribution is -0.385. The van der Waals surface area contributed by atoms with Crippen molar-refractivity contribution in [1.82, 2.24) is 15.0 Å². The Morgan fingerprint density at radius 3 is 2.41 bits per heavy atom. The van der Waals surface area contributed by atoms with Crippen LogP contribution in [0.15, 0.2) is 85.1 Å². The van der Waals surface area contributed by atoms with Gasteiger partial charge < -0.3 is 14.6 Å². The van der Waals surface area contributed by atoms with E-state index in [0.29, 0.717) is 35.6 Å². The molecule has 0 bridgehead atoms. The standard InChI is InChI=1S/C32H35N5O6Si/c1-21-30(44(2,3)42)29(16-17-35-19-27(33-34-35)25(20-38)22-10-6-4-7-11-22)43-32(21)26-18-24(37(40)41)14-15-28(26)36(31(32)39)23-12-8-5-9-13-23/h4-15,18-19,21,25,29-30,38,42H,16-17,20H2,1-3H3/t21-,25?,29+,30-,32+/m1/s1. The topological polar surface area (TPSA) is 144 Å². The highest BCUT2D eigenvalue weighted by atomic mass is 28.4. The molecule has 0 radical (unpaired) electrons. The maximum Gasteiger partial charge on any atom is 0.269 e. The number of hydrogen-bond acceptors (Lipinski definition) is 8. The number of aliphatic hydroxyl groups excluding tert-OH is 1. The number of rotatable bonds is 9. The monoisotopic (exact) mass is 613 g/mol. The fourth-order valence-electron chi connectivity index (χ4n) is 7.10. The number of para-hydroxylation sites is 1. The number of amides is 1. The first-order valence-corrected chi connectivity index (χ1v) is 17.7. The van der Waals surface area contributed by atoms with E-state index < -0.39 is 30.9 Å². The molecule has 1 unspecified atom stereocenters. The molecule has 0 aliphatic carbocycles. The third-order valence-electron chi connectivity index (χ3n) is 9.04. The molecular formula is C32H35N5O6Si. The predicted molar refractivity (Wildman–Crippen MR) is 166 cm³/mol. The van der Waals surface area contributed by atoms with Crippen LogP contribution in [0.25, 0.3) is 0 Å². The molecule has 12 heteroatoms. The van der Waals surface area contributed by atoms with Crippen LogP contribution in [-0.4, -0.2) is 56.8 Å². The average molecular weight is 614 g/mol. The molecule has 4 aromatic rings. The Bertz CT molecular complexity index is 1680. The Balaban J connectivity index is 1.35. The molecule has 0 saturated carbocycles. The van der Waals surface area contributed by atoms with Crippen LogP contribution in [0.5, 0.6) is 0 Å². The summed E-state index contributed by atoms with van der Waals surface area (Å²) in [5, 5.41) is 30.5. The molecule has 5 atom stereocenters. The first-order valence-electron chi connectivity index (χ1n) is 14.7. The van der Waals surface area contributed by atoms with Gasteiger partial charge >= 0.3 is 0 Å². The van der Waals surface area contributed by atoms with Crippen molar-refractivity contribution in [3.8, 4) is 0 Å². The normalized spacial score (nSPS) is 23.7. The quantitative estimate of drug-likeness (QED) is 0.155. The number of ether oxygens (including phenoxy) is 1. The maximum absolute atomic E-state index is 14.5. The summed E-state index contributed by atoms with van der Waals surface area (Å²) < 4.78 is 8.50. The van der Waals surface area contributed by atoms with Gasteiger partial charge in [0.25, 0.3) is 11.6 Å². The van der Waals surface area contributed by atoms with Crippen molar-refractivity contribution in [2.24, 2.45) is 5.92 Å². The zero-order chi connectivity index (χ0) is 31.2. The number of nitro benzene ring substituents is 1. The molecule has 228 valence electrons. The van der Waals surface area contributed by atoms with Crippen molar-refractivity contribution in [1.29, 1.82) is 0 Å². The van der Waals surface area contributed by atoms with Crippen molar-refractivity contribution >= 4 is 31.3 Å². The third-order valence-corrected chi connectivity index (χ3v) is 11.5. The van der Waals surface area contributed by atoms with E-state index in [9.17, 15) is 24.8 Å². The number of aryl methyl sites for hydroxylation is 1. The Morgan fingerprint density at radius 1 is 1.09 bits per heavy atom. The van der Waals surface area contributed by atoms with E-state index in [1.54, 1.807) is 21.8 Å². The Labute approximate surface area is 256 Å². The van der Waals surface area contributed by atoms with Crippen molar-refractivity contribution in [3.63, 3.8) is 0 Å². The van der Waals surface area contributed by atoms with Crippen molar-refractivity contribution < 1.29 is 24.4 Å². The molecule has 3 aromatic carbocycles. The second-order valence-corrected chi connectivity index (χ2v) is 16.1. The number of aromatic nitrogens is 3. The van der Waals surface area contributed by atoms with Gasteiger partial charge in [-0.15, -0.1) is 5.10 Å². The third kappa shape index (κ3) is 4.93. The minimum absolute atomic E-state index is 0.119. The van der Waals surface area contributed by atoms with Crippen LogP contribution in [0.3, 0.4) is 0 Å². The summed E-state index contributed by atoms with van der Waals surface area (Å²) in [5.74, 6) is -1.11. The molecule has 2 N–H and O–H groups in total. The van der Waals surface area contributed by atoms with Gasteiger partial charge in [0.15, 0.2) is 13.9 Å². The number of benzene rings is 3. The fraction of sp³-hybridized carbons (Fsp3) is 0.344. The molecule has 1 spiro atoms. The van der Waals surface area contributed by atoms with E-state index in [1.165, 1.54) is 12.1 Å². The average Bonchev–Trinajstić information content (AvgIpc) is 3.66. The molecule has 2 aliphatic rings. The summed E-state index contributed by atoms with van der Waals surface area (Å²) in [6.07, 6.45) is 1.70. The first kappa shape index (κ1) is 29.8. The number of hydrogen-bond donors (Lipinski definition) is 2. The summed E-state index contributed by atoms with van der Waals surface area (Å²) in [4.78, 5) is 39.0. The second-order valence-electron chi connectivity index (χ2n) is 12.1. The molecule has 6 rings (SSSR count). The summed E-state index contributed by atoms with van der Waals surface area (Å²) in [7, 11) is -2.94. The minimum Gasteiger partial charge on any atom is -0.432 e. The second kappa shape index (κ2) is 11.4. The van der Waals surface area contributed by atoms with Crippen molar-refractivity contribution in [2.45, 2.75) is 56.1 Å². The SMILES string of the molecule is C[C@@H]1[C@@H]([Si](C)(C)O)[C@H](CCn2cc(C(CO)c3ccccc3)nn2)O[C@@]12C(=O)N(c1ccccc1)c1ccc([N+](=O)[O-])cc12. The highest BCUT2D eigenvalue weighted by Crippen LogP contribution is 2.61.